The molecule has 0 atom stereocenters. The van der Waals surface area contributed by atoms with Gasteiger partial charge in [-0.05, 0) is 39.7 Å². The topological polar surface area (TPSA) is 30.7 Å². The van der Waals surface area contributed by atoms with Crippen LogP contribution in [0.3, 0.4) is 0 Å². The molecule has 0 fully saturated rings. The van der Waals surface area contributed by atoms with Gasteiger partial charge < -0.3 is 4.57 Å². The van der Waals surface area contributed by atoms with Crippen molar-refractivity contribution in [2.75, 3.05) is 0 Å². The minimum Gasteiger partial charge on any atom is -0.327 e. The number of benzene rings is 1. The largest absolute Gasteiger partial charge is 0.327 e. The van der Waals surface area contributed by atoms with Crippen molar-refractivity contribution < 1.29 is 8.78 Å². The number of pyridine rings is 1. The van der Waals surface area contributed by atoms with Gasteiger partial charge in [0.05, 0.1) is 0 Å². The lowest BCUT2D eigenvalue weighted by Gasteiger charge is -2.08. The molecular formula is C15H10BrF2N3. The van der Waals surface area contributed by atoms with E-state index >= 15 is 0 Å². The third-order valence-corrected chi connectivity index (χ3v) is 3.45. The van der Waals surface area contributed by atoms with Crippen molar-refractivity contribution in [3.8, 4) is 11.4 Å². The Labute approximate surface area is 128 Å². The number of halogens is 3. The summed E-state index contributed by atoms with van der Waals surface area (Å²) in [5.41, 5.74) is 1.51. The number of rotatable bonds is 3. The Bertz CT molecular complexity index is 786. The highest BCUT2D eigenvalue weighted by Crippen LogP contribution is 2.21. The lowest BCUT2D eigenvalue weighted by Crippen LogP contribution is -2.02. The number of nitrogens with zero attached hydrogens (tertiary/aromatic N) is 3. The Kier molecular flexibility index (Phi) is 3.79. The minimum absolute atomic E-state index is 0.402. The molecule has 6 heteroatoms. The predicted molar refractivity (Wildman–Crippen MR) is 78.6 cm³/mol. The Morgan fingerprint density at radius 3 is 2.71 bits per heavy atom. The molecule has 0 aliphatic carbocycles. The molecule has 0 saturated carbocycles. The average molecular weight is 350 g/mol. The molecule has 0 unspecified atom stereocenters. The van der Waals surface area contributed by atoms with Gasteiger partial charge in [0.2, 0.25) is 0 Å². The van der Waals surface area contributed by atoms with Crippen LogP contribution >= 0.6 is 15.9 Å². The van der Waals surface area contributed by atoms with Gasteiger partial charge in [-0.3, -0.25) is 4.98 Å². The maximum atomic E-state index is 13.3. The number of aromatic nitrogens is 3. The third kappa shape index (κ3) is 3.00. The zero-order valence-electron chi connectivity index (χ0n) is 10.8. The van der Waals surface area contributed by atoms with E-state index < -0.39 is 11.6 Å². The molecule has 0 saturated heterocycles. The average Bonchev–Trinajstić information content (AvgIpc) is 2.91. The summed E-state index contributed by atoms with van der Waals surface area (Å²) < 4.78 is 28.9. The number of hydrogen-bond acceptors (Lipinski definition) is 2. The smallest absolute Gasteiger partial charge is 0.159 e. The molecule has 0 amide bonds. The lowest BCUT2D eigenvalue weighted by molar-refractivity contribution is 0.506. The first-order valence-electron chi connectivity index (χ1n) is 6.19. The lowest BCUT2D eigenvalue weighted by atomic mass is 10.2. The van der Waals surface area contributed by atoms with Crippen LogP contribution in [0.2, 0.25) is 0 Å². The minimum atomic E-state index is -0.849. The van der Waals surface area contributed by atoms with Gasteiger partial charge in [0.25, 0.3) is 0 Å². The first-order valence-corrected chi connectivity index (χ1v) is 6.99. The second-order valence-corrected chi connectivity index (χ2v) is 5.43. The fourth-order valence-electron chi connectivity index (χ4n) is 2.07. The second kappa shape index (κ2) is 5.73. The van der Waals surface area contributed by atoms with Gasteiger partial charge in [-0.1, -0.05) is 6.07 Å². The number of hydrogen-bond donors (Lipinski definition) is 0. The fourth-order valence-corrected chi connectivity index (χ4v) is 2.43. The van der Waals surface area contributed by atoms with Crippen molar-refractivity contribution in [3.63, 3.8) is 0 Å². The summed E-state index contributed by atoms with van der Waals surface area (Å²) >= 11 is 3.37. The summed E-state index contributed by atoms with van der Waals surface area (Å²) in [7, 11) is 0. The zero-order valence-corrected chi connectivity index (χ0v) is 12.4. The second-order valence-electron chi connectivity index (χ2n) is 4.52. The molecule has 0 aliphatic rings. The van der Waals surface area contributed by atoms with Crippen LogP contribution in [0.25, 0.3) is 11.4 Å². The quantitative estimate of drug-likeness (QED) is 0.714. The van der Waals surface area contributed by atoms with Crippen LogP contribution in [0.4, 0.5) is 8.78 Å². The Hall–Kier alpha value is -2.08. The van der Waals surface area contributed by atoms with E-state index in [0.717, 1.165) is 16.1 Å². The van der Waals surface area contributed by atoms with Gasteiger partial charge in [-0.25, -0.2) is 13.8 Å². The van der Waals surface area contributed by atoms with E-state index in [2.05, 4.69) is 25.9 Å². The maximum absolute atomic E-state index is 13.3. The van der Waals surface area contributed by atoms with E-state index in [-0.39, 0.29) is 0 Å². The van der Waals surface area contributed by atoms with Gasteiger partial charge >= 0.3 is 0 Å². The molecule has 3 aromatic rings. The van der Waals surface area contributed by atoms with Crippen LogP contribution < -0.4 is 0 Å². The van der Waals surface area contributed by atoms with Crippen molar-refractivity contribution in [2.24, 2.45) is 0 Å². The van der Waals surface area contributed by atoms with Gasteiger partial charge in [0.1, 0.15) is 5.82 Å². The molecule has 106 valence electrons. The molecule has 21 heavy (non-hydrogen) atoms. The van der Waals surface area contributed by atoms with E-state index in [1.807, 2.05) is 10.6 Å². The first-order chi connectivity index (χ1) is 10.1. The highest BCUT2D eigenvalue weighted by Gasteiger charge is 2.09. The van der Waals surface area contributed by atoms with Gasteiger partial charge in [-0.2, -0.15) is 0 Å². The van der Waals surface area contributed by atoms with Crippen molar-refractivity contribution in [3.05, 3.63) is 70.7 Å². The van der Waals surface area contributed by atoms with E-state index in [0.29, 0.717) is 17.9 Å². The van der Waals surface area contributed by atoms with Crippen LogP contribution in [-0.4, -0.2) is 14.5 Å². The summed E-state index contributed by atoms with van der Waals surface area (Å²) in [5, 5.41) is 0. The van der Waals surface area contributed by atoms with E-state index in [1.54, 1.807) is 30.9 Å². The SMILES string of the molecule is Fc1ccc(Cn2ccnc2-c2cncc(Br)c2)cc1F. The van der Waals surface area contributed by atoms with Crippen molar-refractivity contribution in [1.82, 2.24) is 14.5 Å². The summed E-state index contributed by atoms with van der Waals surface area (Å²) in [6.07, 6.45) is 6.84. The highest BCUT2D eigenvalue weighted by molar-refractivity contribution is 9.10. The predicted octanol–water partition coefficient (Wildman–Crippen LogP) is 4.03. The molecule has 0 spiro atoms. The van der Waals surface area contributed by atoms with Crippen molar-refractivity contribution in [2.45, 2.75) is 6.54 Å². The summed E-state index contributed by atoms with van der Waals surface area (Å²) in [6, 6.07) is 5.78. The molecule has 2 heterocycles. The molecular weight excluding hydrogens is 340 g/mol. The Balaban J connectivity index is 1.94. The Morgan fingerprint density at radius 2 is 1.95 bits per heavy atom. The van der Waals surface area contributed by atoms with E-state index in [4.69, 9.17) is 0 Å². The van der Waals surface area contributed by atoms with Gasteiger partial charge in [0.15, 0.2) is 11.6 Å². The Morgan fingerprint density at radius 1 is 1.10 bits per heavy atom. The van der Waals surface area contributed by atoms with Crippen LogP contribution in [-0.2, 0) is 6.54 Å². The van der Waals surface area contributed by atoms with E-state index in [9.17, 15) is 8.78 Å². The van der Waals surface area contributed by atoms with Crippen LogP contribution in [0.15, 0.2) is 53.5 Å². The van der Waals surface area contributed by atoms with Crippen LogP contribution in [0.1, 0.15) is 5.56 Å². The van der Waals surface area contributed by atoms with Crippen LogP contribution in [0, 0.1) is 11.6 Å². The van der Waals surface area contributed by atoms with E-state index in [1.165, 1.54) is 6.07 Å². The molecule has 0 radical (unpaired) electrons. The monoisotopic (exact) mass is 349 g/mol. The molecule has 0 bridgehead atoms. The summed E-state index contributed by atoms with van der Waals surface area (Å²) in [6.45, 7) is 0.402. The van der Waals surface area contributed by atoms with Crippen molar-refractivity contribution in [1.29, 1.82) is 0 Å². The van der Waals surface area contributed by atoms with Crippen molar-refractivity contribution >= 4 is 15.9 Å². The zero-order chi connectivity index (χ0) is 14.8. The highest BCUT2D eigenvalue weighted by atomic mass is 79.9. The molecule has 3 rings (SSSR count). The normalized spacial score (nSPS) is 10.8. The first kappa shape index (κ1) is 13.9. The summed E-state index contributed by atoms with van der Waals surface area (Å²) in [4.78, 5) is 8.40. The summed E-state index contributed by atoms with van der Waals surface area (Å²) in [5.74, 6) is -0.979. The molecule has 2 aromatic heterocycles. The van der Waals surface area contributed by atoms with Gasteiger partial charge in [-0.15, -0.1) is 0 Å². The molecule has 1 aromatic carbocycles. The molecule has 0 N–H and O–H groups in total. The fraction of sp³-hybridized carbons (Fsp3) is 0.0667. The maximum Gasteiger partial charge on any atom is 0.159 e. The number of imidazole rings is 1. The molecule has 3 nitrogen and oxygen atoms in total. The third-order valence-electron chi connectivity index (χ3n) is 3.02. The molecule has 0 aliphatic heterocycles. The standard InChI is InChI=1S/C15H10BrF2N3/c16-12-6-11(7-19-8-12)15-20-3-4-21(15)9-10-1-2-13(17)14(18)5-10/h1-8H,9H2. The van der Waals surface area contributed by atoms with Crippen LogP contribution in [0.5, 0.6) is 0 Å². The van der Waals surface area contributed by atoms with Gasteiger partial charge in [0, 0.05) is 41.4 Å².